The van der Waals surface area contributed by atoms with Gasteiger partial charge in [0.25, 0.3) is 0 Å². The molecule has 0 aliphatic carbocycles. The predicted molar refractivity (Wildman–Crippen MR) is 62.9 cm³/mol. The summed E-state index contributed by atoms with van der Waals surface area (Å²) < 4.78 is 6.66. The molecule has 0 saturated carbocycles. The minimum absolute atomic E-state index is 0.335. The highest BCUT2D eigenvalue weighted by Gasteiger charge is 2.17. The molecule has 1 aromatic heterocycles. The number of ether oxygens (including phenoxy) is 1. The Labute approximate surface area is 97.7 Å². The first kappa shape index (κ1) is 10.6. The van der Waals surface area contributed by atoms with Crippen LogP contribution < -0.4 is 10.1 Å². The molecule has 2 heterocycles. The van der Waals surface area contributed by atoms with E-state index in [4.69, 9.17) is 4.74 Å². The maximum absolute atomic E-state index is 5.75. The lowest BCUT2D eigenvalue weighted by atomic mass is 10.2. The zero-order valence-corrected chi connectivity index (χ0v) is 9.96. The average molecular weight is 269 g/mol. The second-order valence-electron chi connectivity index (χ2n) is 3.52. The van der Waals surface area contributed by atoms with Crippen molar-refractivity contribution in [2.45, 2.75) is 19.0 Å². The van der Waals surface area contributed by atoms with Gasteiger partial charge in [0.05, 0.1) is 4.47 Å². The van der Waals surface area contributed by atoms with E-state index in [-0.39, 0.29) is 0 Å². The zero-order chi connectivity index (χ0) is 10.7. The van der Waals surface area contributed by atoms with Crippen molar-refractivity contribution in [1.29, 1.82) is 0 Å². The number of fused-ring (bicyclic) bond motifs is 1. The van der Waals surface area contributed by atoms with E-state index in [9.17, 15) is 0 Å². The van der Waals surface area contributed by atoms with Crippen molar-refractivity contribution in [2.75, 3.05) is 6.61 Å². The van der Waals surface area contributed by atoms with E-state index in [0.717, 1.165) is 28.8 Å². The fraction of sp³-hybridized carbons (Fsp3) is 0.364. The van der Waals surface area contributed by atoms with Crippen LogP contribution in [0.25, 0.3) is 0 Å². The Morgan fingerprint density at radius 3 is 3.33 bits per heavy atom. The van der Waals surface area contributed by atoms with Crippen LogP contribution in [0.15, 0.2) is 29.5 Å². The van der Waals surface area contributed by atoms with Crippen LogP contribution in [0.2, 0.25) is 0 Å². The number of rotatable bonds is 2. The number of pyridine rings is 1. The summed E-state index contributed by atoms with van der Waals surface area (Å²) in [6, 6.07) is 0.335. The Morgan fingerprint density at radius 1 is 1.67 bits per heavy atom. The first-order valence-corrected chi connectivity index (χ1v) is 5.70. The summed E-state index contributed by atoms with van der Waals surface area (Å²) >= 11 is 3.44. The summed E-state index contributed by atoms with van der Waals surface area (Å²) in [5.41, 5.74) is 1.09. The van der Waals surface area contributed by atoms with Crippen LogP contribution in [-0.4, -0.2) is 17.6 Å². The van der Waals surface area contributed by atoms with Gasteiger partial charge in [0, 0.05) is 30.5 Å². The van der Waals surface area contributed by atoms with Crippen molar-refractivity contribution in [3.8, 4) is 5.75 Å². The molecule has 0 amide bonds. The molecule has 0 radical (unpaired) electrons. The molecule has 2 rings (SSSR count). The van der Waals surface area contributed by atoms with Crippen LogP contribution in [0.1, 0.15) is 12.0 Å². The number of aromatic nitrogens is 1. The maximum Gasteiger partial charge on any atom is 0.141 e. The number of hydrogen-bond acceptors (Lipinski definition) is 3. The largest absolute Gasteiger partial charge is 0.490 e. The second-order valence-corrected chi connectivity index (χ2v) is 4.38. The van der Waals surface area contributed by atoms with Crippen LogP contribution >= 0.6 is 15.9 Å². The van der Waals surface area contributed by atoms with Crippen LogP contribution in [0.3, 0.4) is 0 Å². The van der Waals surface area contributed by atoms with Crippen LogP contribution in [0, 0.1) is 0 Å². The van der Waals surface area contributed by atoms with E-state index in [1.54, 1.807) is 6.20 Å². The summed E-state index contributed by atoms with van der Waals surface area (Å²) in [4.78, 5) is 4.12. The van der Waals surface area contributed by atoms with Gasteiger partial charge >= 0.3 is 0 Å². The van der Waals surface area contributed by atoms with Gasteiger partial charge in [-0.25, -0.2) is 0 Å². The zero-order valence-electron chi connectivity index (χ0n) is 8.37. The molecule has 0 fully saturated rings. The number of hydrogen-bond donors (Lipinski definition) is 1. The fourth-order valence-electron chi connectivity index (χ4n) is 1.60. The van der Waals surface area contributed by atoms with Gasteiger partial charge < -0.3 is 10.1 Å². The Bertz CT molecular complexity index is 368. The van der Waals surface area contributed by atoms with Crippen molar-refractivity contribution in [3.05, 3.63) is 35.1 Å². The van der Waals surface area contributed by atoms with E-state index in [2.05, 4.69) is 32.8 Å². The minimum Gasteiger partial charge on any atom is -0.490 e. The van der Waals surface area contributed by atoms with Crippen molar-refractivity contribution in [3.63, 3.8) is 0 Å². The topological polar surface area (TPSA) is 34.1 Å². The molecule has 0 unspecified atom stereocenters. The summed E-state index contributed by atoms with van der Waals surface area (Å²) in [6.45, 7) is 5.20. The molecule has 1 N–H and O–H groups in total. The monoisotopic (exact) mass is 268 g/mol. The standard InChI is InChI=1S/C11H13BrN2O/c1-2-3-9-7-15-11-8(5-14-9)4-13-6-10(11)12/h2,4,6,9,14H,1,3,5,7H2/t9-/m1/s1. The molecule has 0 saturated heterocycles. The van der Waals surface area contributed by atoms with E-state index in [1.807, 2.05) is 12.3 Å². The minimum atomic E-state index is 0.335. The molecule has 1 aliphatic rings. The number of halogens is 1. The van der Waals surface area contributed by atoms with Gasteiger partial charge in [-0.3, -0.25) is 4.98 Å². The summed E-state index contributed by atoms with van der Waals surface area (Å²) in [7, 11) is 0. The smallest absolute Gasteiger partial charge is 0.141 e. The third-order valence-electron chi connectivity index (χ3n) is 2.39. The Balaban J connectivity index is 2.18. The highest BCUT2D eigenvalue weighted by molar-refractivity contribution is 9.10. The molecular weight excluding hydrogens is 256 g/mol. The molecule has 0 bridgehead atoms. The molecule has 1 atom stereocenters. The van der Waals surface area contributed by atoms with Crippen LogP contribution in [-0.2, 0) is 6.54 Å². The highest BCUT2D eigenvalue weighted by atomic mass is 79.9. The van der Waals surface area contributed by atoms with Crippen molar-refractivity contribution in [1.82, 2.24) is 10.3 Å². The van der Waals surface area contributed by atoms with E-state index < -0.39 is 0 Å². The first-order valence-electron chi connectivity index (χ1n) is 4.90. The molecule has 0 spiro atoms. The maximum atomic E-state index is 5.75. The third-order valence-corrected chi connectivity index (χ3v) is 2.95. The normalized spacial score (nSPS) is 19.9. The van der Waals surface area contributed by atoms with Crippen LogP contribution in [0.5, 0.6) is 5.75 Å². The summed E-state index contributed by atoms with van der Waals surface area (Å²) in [5, 5.41) is 3.41. The number of nitrogens with zero attached hydrogens (tertiary/aromatic N) is 1. The Hall–Kier alpha value is -0.870. The van der Waals surface area contributed by atoms with Gasteiger partial charge in [-0.15, -0.1) is 6.58 Å². The lowest BCUT2D eigenvalue weighted by Crippen LogP contribution is -2.31. The lowest BCUT2D eigenvalue weighted by molar-refractivity contribution is 0.277. The molecule has 15 heavy (non-hydrogen) atoms. The first-order chi connectivity index (χ1) is 7.31. The molecule has 3 nitrogen and oxygen atoms in total. The molecule has 80 valence electrons. The van der Waals surface area contributed by atoms with Gasteiger partial charge in [0.2, 0.25) is 0 Å². The Kier molecular flexibility index (Phi) is 3.38. The lowest BCUT2D eigenvalue weighted by Gasteiger charge is -2.12. The summed E-state index contributed by atoms with van der Waals surface area (Å²) in [5.74, 6) is 0.907. The van der Waals surface area contributed by atoms with Crippen LogP contribution in [0.4, 0.5) is 0 Å². The molecule has 4 heteroatoms. The van der Waals surface area contributed by atoms with Crippen molar-refractivity contribution >= 4 is 15.9 Å². The van der Waals surface area contributed by atoms with Gasteiger partial charge in [0.15, 0.2) is 0 Å². The van der Waals surface area contributed by atoms with Gasteiger partial charge in [-0.05, 0) is 22.4 Å². The van der Waals surface area contributed by atoms with Crippen molar-refractivity contribution < 1.29 is 4.74 Å². The molecule has 0 aromatic carbocycles. The van der Waals surface area contributed by atoms with E-state index in [0.29, 0.717) is 12.6 Å². The number of nitrogens with one attached hydrogen (secondary N) is 1. The second kappa shape index (κ2) is 4.77. The SMILES string of the molecule is C=CC[C@@H]1COc2c(Br)cncc2CN1. The Morgan fingerprint density at radius 2 is 2.53 bits per heavy atom. The average Bonchev–Trinajstić information content (AvgIpc) is 2.43. The van der Waals surface area contributed by atoms with E-state index >= 15 is 0 Å². The fourth-order valence-corrected chi connectivity index (χ4v) is 2.09. The molecule has 1 aromatic rings. The third kappa shape index (κ3) is 2.38. The highest BCUT2D eigenvalue weighted by Crippen LogP contribution is 2.29. The van der Waals surface area contributed by atoms with Gasteiger partial charge in [-0.2, -0.15) is 0 Å². The van der Waals surface area contributed by atoms with Crippen molar-refractivity contribution in [2.24, 2.45) is 0 Å². The van der Waals surface area contributed by atoms with E-state index in [1.165, 1.54) is 0 Å². The quantitative estimate of drug-likeness (QED) is 0.836. The summed E-state index contributed by atoms with van der Waals surface area (Å²) in [6.07, 6.45) is 6.42. The predicted octanol–water partition coefficient (Wildman–Crippen LogP) is 2.27. The van der Waals surface area contributed by atoms with Gasteiger partial charge in [0.1, 0.15) is 12.4 Å². The molecular formula is C11H13BrN2O. The van der Waals surface area contributed by atoms with Gasteiger partial charge in [-0.1, -0.05) is 6.08 Å². The molecule has 1 aliphatic heterocycles.